The highest BCUT2D eigenvalue weighted by molar-refractivity contribution is 5.96. The summed E-state index contributed by atoms with van der Waals surface area (Å²) >= 11 is 0. The molecule has 1 rings (SSSR count). The lowest BCUT2D eigenvalue weighted by Gasteiger charge is -2.40. The first-order valence-electron chi connectivity index (χ1n) is 5.92. The molecule has 0 aromatic carbocycles. The summed E-state index contributed by atoms with van der Waals surface area (Å²) in [6.45, 7) is 6.67. The molecule has 1 saturated heterocycles. The van der Waals surface area contributed by atoms with Crippen LogP contribution in [0.5, 0.6) is 0 Å². The highest BCUT2D eigenvalue weighted by atomic mass is 16.2. The van der Waals surface area contributed by atoms with E-state index >= 15 is 0 Å². The van der Waals surface area contributed by atoms with Crippen molar-refractivity contribution in [2.75, 3.05) is 33.7 Å². The summed E-state index contributed by atoms with van der Waals surface area (Å²) in [7, 11) is 3.56. The number of carbonyl (C=O) groups excluding carboxylic acids is 2. The van der Waals surface area contributed by atoms with Crippen LogP contribution in [0.2, 0.25) is 0 Å². The second-order valence-electron chi connectivity index (χ2n) is 4.59. The van der Waals surface area contributed by atoms with Gasteiger partial charge < -0.3 is 10.2 Å². The third kappa shape index (κ3) is 3.67. The Bertz CT molecular complexity index is 295. The first-order chi connectivity index (χ1) is 7.95. The Morgan fingerprint density at radius 3 is 2.53 bits per heavy atom. The Morgan fingerprint density at radius 2 is 2.00 bits per heavy atom. The number of nitrogens with zero attached hydrogens (tertiary/aromatic N) is 2. The molecule has 1 aliphatic rings. The average molecular weight is 242 g/mol. The van der Waals surface area contributed by atoms with Crippen LogP contribution in [0.25, 0.3) is 0 Å². The van der Waals surface area contributed by atoms with Crippen LogP contribution in [0.4, 0.5) is 4.79 Å². The van der Waals surface area contributed by atoms with E-state index in [1.807, 2.05) is 6.92 Å². The van der Waals surface area contributed by atoms with Crippen molar-refractivity contribution in [3.8, 4) is 0 Å². The lowest BCUT2D eigenvalue weighted by molar-refractivity contribution is -0.126. The van der Waals surface area contributed by atoms with Gasteiger partial charge in [-0.2, -0.15) is 0 Å². The Hall–Kier alpha value is -1.14. The Morgan fingerprint density at radius 1 is 1.35 bits per heavy atom. The molecule has 0 aliphatic carbocycles. The maximum atomic E-state index is 11.8. The van der Waals surface area contributed by atoms with Gasteiger partial charge in [0.05, 0.1) is 6.04 Å². The third-order valence-corrected chi connectivity index (χ3v) is 3.22. The lowest BCUT2D eigenvalue weighted by Crippen LogP contribution is -2.58. The van der Waals surface area contributed by atoms with Gasteiger partial charge in [0.15, 0.2) is 0 Å². The number of hydrogen-bond acceptors (Lipinski definition) is 4. The quantitative estimate of drug-likeness (QED) is 0.683. The standard InChI is InChI=1S/C11H22N4O2/c1-8-7-14(4)5-6-15(8)9(2)10(16)13-11(17)12-3/h8-9H,5-7H2,1-4H3,(H2,12,13,16,17). The average Bonchev–Trinajstić information content (AvgIpc) is 2.28. The van der Waals surface area contributed by atoms with Crippen molar-refractivity contribution < 1.29 is 9.59 Å². The zero-order chi connectivity index (χ0) is 13.0. The van der Waals surface area contributed by atoms with Gasteiger partial charge in [-0.15, -0.1) is 0 Å². The van der Waals surface area contributed by atoms with Crippen molar-refractivity contribution in [2.45, 2.75) is 25.9 Å². The van der Waals surface area contributed by atoms with E-state index in [9.17, 15) is 9.59 Å². The van der Waals surface area contributed by atoms with Crippen LogP contribution in [-0.2, 0) is 4.79 Å². The molecule has 0 aromatic heterocycles. The maximum Gasteiger partial charge on any atom is 0.321 e. The predicted octanol–water partition coefficient (Wildman–Crippen LogP) is -0.534. The minimum absolute atomic E-state index is 0.249. The number of rotatable bonds is 2. The SMILES string of the molecule is CNC(=O)NC(=O)C(C)N1CCN(C)CC1C. The van der Waals surface area contributed by atoms with Crippen molar-refractivity contribution >= 4 is 11.9 Å². The Labute approximate surface area is 102 Å². The van der Waals surface area contributed by atoms with Crippen LogP contribution in [0, 0.1) is 0 Å². The van der Waals surface area contributed by atoms with Crippen molar-refractivity contribution in [3.05, 3.63) is 0 Å². The van der Waals surface area contributed by atoms with Crippen LogP contribution in [0.1, 0.15) is 13.8 Å². The molecule has 98 valence electrons. The summed E-state index contributed by atoms with van der Waals surface area (Å²) in [4.78, 5) is 27.2. The smallest absolute Gasteiger partial charge is 0.321 e. The van der Waals surface area contributed by atoms with Gasteiger partial charge in [0.25, 0.3) is 0 Å². The molecule has 2 N–H and O–H groups in total. The van der Waals surface area contributed by atoms with E-state index < -0.39 is 6.03 Å². The normalized spacial score (nSPS) is 24.1. The van der Waals surface area contributed by atoms with Gasteiger partial charge in [-0.05, 0) is 20.9 Å². The number of carbonyl (C=O) groups is 2. The highest BCUT2D eigenvalue weighted by Gasteiger charge is 2.29. The number of imide groups is 1. The molecule has 6 heteroatoms. The molecule has 2 atom stereocenters. The first-order valence-corrected chi connectivity index (χ1v) is 5.92. The summed E-state index contributed by atoms with van der Waals surface area (Å²) in [5, 5.41) is 4.69. The zero-order valence-electron chi connectivity index (χ0n) is 11.0. The molecule has 6 nitrogen and oxygen atoms in total. The molecule has 0 bridgehead atoms. The molecule has 0 radical (unpaired) electrons. The van der Waals surface area contributed by atoms with E-state index in [1.54, 1.807) is 0 Å². The van der Waals surface area contributed by atoms with Gasteiger partial charge in [-0.25, -0.2) is 4.79 Å². The fourth-order valence-corrected chi connectivity index (χ4v) is 2.16. The van der Waals surface area contributed by atoms with Gasteiger partial charge in [0, 0.05) is 32.7 Å². The molecule has 1 fully saturated rings. The molecular formula is C11H22N4O2. The molecule has 1 aliphatic heterocycles. The monoisotopic (exact) mass is 242 g/mol. The molecular weight excluding hydrogens is 220 g/mol. The molecule has 17 heavy (non-hydrogen) atoms. The molecule has 2 unspecified atom stereocenters. The van der Waals surface area contributed by atoms with Crippen LogP contribution in [-0.4, -0.2) is 67.6 Å². The fourth-order valence-electron chi connectivity index (χ4n) is 2.16. The van der Waals surface area contributed by atoms with E-state index in [2.05, 4.69) is 34.4 Å². The van der Waals surface area contributed by atoms with E-state index in [-0.39, 0.29) is 11.9 Å². The number of likely N-dealkylation sites (N-methyl/N-ethyl adjacent to an activating group) is 1. The zero-order valence-corrected chi connectivity index (χ0v) is 11.0. The number of urea groups is 1. The number of piperazine rings is 1. The van der Waals surface area contributed by atoms with Crippen molar-refractivity contribution in [3.63, 3.8) is 0 Å². The minimum atomic E-state index is -0.455. The molecule has 0 saturated carbocycles. The predicted molar refractivity (Wildman–Crippen MR) is 65.7 cm³/mol. The van der Waals surface area contributed by atoms with Crippen LogP contribution in [0.3, 0.4) is 0 Å². The molecule has 3 amide bonds. The highest BCUT2D eigenvalue weighted by Crippen LogP contribution is 2.11. The summed E-state index contributed by atoms with van der Waals surface area (Å²) in [5.74, 6) is -0.249. The van der Waals surface area contributed by atoms with Crippen LogP contribution < -0.4 is 10.6 Å². The fraction of sp³-hybridized carbons (Fsp3) is 0.818. The van der Waals surface area contributed by atoms with E-state index in [0.29, 0.717) is 6.04 Å². The van der Waals surface area contributed by atoms with E-state index in [1.165, 1.54) is 7.05 Å². The van der Waals surface area contributed by atoms with E-state index in [4.69, 9.17) is 0 Å². The summed E-state index contributed by atoms with van der Waals surface area (Å²) in [6, 6.07) is -0.418. The minimum Gasteiger partial charge on any atom is -0.341 e. The summed E-state index contributed by atoms with van der Waals surface area (Å²) in [5.41, 5.74) is 0. The summed E-state index contributed by atoms with van der Waals surface area (Å²) < 4.78 is 0. The van der Waals surface area contributed by atoms with Gasteiger partial charge >= 0.3 is 6.03 Å². The van der Waals surface area contributed by atoms with Gasteiger partial charge in [0.2, 0.25) is 5.91 Å². The number of hydrogen-bond donors (Lipinski definition) is 2. The van der Waals surface area contributed by atoms with Crippen LogP contribution in [0.15, 0.2) is 0 Å². The molecule has 0 aromatic rings. The van der Waals surface area contributed by atoms with Crippen molar-refractivity contribution in [1.29, 1.82) is 0 Å². The van der Waals surface area contributed by atoms with Crippen molar-refractivity contribution in [1.82, 2.24) is 20.4 Å². The largest absolute Gasteiger partial charge is 0.341 e. The van der Waals surface area contributed by atoms with E-state index in [0.717, 1.165) is 19.6 Å². The number of nitrogens with one attached hydrogen (secondary N) is 2. The van der Waals surface area contributed by atoms with Crippen molar-refractivity contribution in [2.24, 2.45) is 0 Å². The molecule has 1 heterocycles. The topological polar surface area (TPSA) is 64.7 Å². The van der Waals surface area contributed by atoms with Gasteiger partial charge in [0.1, 0.15) is 0 Å². The molecule has 0 spiro atoms. The Balaban J connectivity index is 2.54. The van der Waals surface area contributed by atoms with Crippen LogP contribution >= 0.6 is 0 Å². The number of amides is 3. The van der Waals surface area contributed by atoms with Gasteiger partial charge in [-0.3, -0.25) is 15.0 Å². The lowest BCUT2D eigenvalue weighted by atomic mass is 10.1. The summed E-state index contributed by atoms with van der Waals surface area (Å²) in [6.07, 6.45) is 0. The Kier molecular flexibility index (Phi) is 4.89. The van der Waals surface area contributed by atoms with Gasteiger partial charge in [-0.1, -0.05) is 0 Å². The first kappa shape index (κ1) is 13.9. The third-order valence-electron chi connectivity index (χ3n) is 3.22. The maximum absolute atomic E-state index is 11.8. The second-order valence-corrected chi connectivity index (χ2v) is 4.59. The second kappa shape index (κ2) is 5.97.